The molecule has 1 aliphatic heterocycles. The molecule has 3 rings (SSSR count). The summed E-state index contributed by atoms with van der Waals surface area (Å²) in [7, 11) is -3.93. The number of carbonyl (C=O) groups excluding carboxylic acids is 1. The van der Waals surface area contributed by atoms with E-state index < -0.39 is 15.8 Å². The Hall–Kier alpha value is -2.58. The number of benzene rings is 2. The second-order valence-corrected chi connectivity index (χ2v) is 7.95. The molecule has 0 N–H and O–H groups in total. The zero-order chi connectivity index (χ0) is 19.4. The molecule has 2 aromatic rings. The van der Waals surface area contributed by atoms with E-state index in [1.54, 1.807) is 18.2 Å². The molecule has 142 valence electrons. The van der Waals surface area contributed by atoms with Gasteiger partial charge in [-0.3, -0.25) is 4.79 Å². The Bertz CT molecular complexity index is 951. The lowest BCUT2D eigenvalue weighted by atomic mass is 10.2. The topological polar surface area (TPSA) is 57.7 Å². The highest BCUT2D eigenvalue weighted by atomic mass is 32.2. The number of carbonyl (C=O) groups is 1. The normalized spacial score (nSPS) is 16.0. The molecule has 0 aliphatic carbocycles. The van der Waals surface area contributed by atoms with Crippen LogP contribution in [-0.2, 0) is 14.8 Å². The molecule has 1 fully saturated rings. The van der Waals surface area contributed by atoms with Crippen molar-refractivity contribution < 1.29 is 22.0 Å². The van der Waals surface area contributed by atoms with Gasteiger partial charge in [-0.15, -0.1) is 0 Å². The van der Waals surface area contributed by atoms with E-state index in [0.29, 0.717) is 5.56 Å². The third-order valence-electron chi connectivity index (χ3n) is 4.29. The SMILES string of the molecule is O=C(C=Cc1ccc(F)cc1)N1CCN(S(=O)(=O)c2ccccc2F)CC1. The molecule has 5 nitrogen and oxygen atoms in total. The molecule has 0 spiro atoms. The number of piperazine rings is 1. The number of hydrogen-bond acceptors (Lipinski definition) is 3. The van der Waals surface area contributed by atoms with E-state index in [0.717, 1.165) is 6.07 Å². The van der Waals surface area contributed by atoms with Crippen LogP contribution >= 0.6 is 0 Å². The Kier molecular flexibility index (Phi) is 5.67. The van der Waals surface area contributed by atoms with Crippen molar-refractivity contribution in [2.45, 2.75) is 4.90 Å². The minimum atomic E-state index is -3.93. The van der Waals surface area contributed by atoms with Crippen LogP contribution in [0.25, 0.3) is 6.08 Å². The first-order valence-corrected chi connectivity index (χ1v) is 9.79. The quantitative estimate of drug-likeness (QED) is 0.752. The van der Waals surface area contributed by atoms with Gasteiger partial charge in [0.1, 0.15) is 16.5 Å². The zero-order valence-electron chi connectivity index (χ0n) is 14.4. The van der Waals surface area contributed by atoms with Crippen LogP contribution in [0.1, 0.15) is 5.56 Å². The minimum Gasteiger partial charge on any atom is -0.337 e. The summed E-state index contributed by atoms with van der Waals surface area (Å²) >= 11 is 0. The van der Waals surface area contributed by atoms with Crippen molar-refractivity contribution in [1.82, 2.24) is 9.21 Å². The van der Waals surface area contributed by atoms with Crippen molar-refractivity contribution in [2.24, 2.45) is 0 Å². The molecule has 0 aromatic heterocycles. The summed E-state index contributed by atoms with van der Waals surface area (Å²) in [6, 6.07) is 10.9. The van der Waals surface area contributed by atoms with Crippen LogP contribution in [0.2, 0.25) is 0 Å². The van der Waals surface area contributed by atoms with Gasteiger partial charge in [0.15, 0.2) is 0 Å². The van der Waals surface area contributed by atoms with Crippen molar-refractivity contribution in [2.75, 3.05) is 26.2 Å². The predicted octanol–water partition coefficient (Wildman–Crippen LogP) is 2.51. The van der Waals surface area contributed by atoms with Crippen LogP contribution in [0.4, 0.5) is 8.78 Å². The van der Waals surface area contributed by atoms with Gasteiger partial charge in [0.25, 0.3) is 0 Å². The van der Waals surface area contributed by atoms with Crippen molar-refractivity contribution >= 4 is 22.0 Å². The summed E-state index contributed by atoms with van der Waals surface area (Å²) in [6.07, 6.45) is 2.94. The number of nitrogens with zero attached hydrogens (tertiary/aromatic N) is 2. The van der Waals surface area contributed by atoms with Gasteiger partial charge in [-0.2, -0.15) is 4.31 Å². The maximum absolute atomic E-state index is 13.8. The van der Waals surface area contributed by atoms with Gasteiger partial charge < -0.3 is 4.90 Å². The Morgan fingerprint density at radius 3 is 2.19 bits per heavy atom. The summed E-state index contributed by atoms with van der Waals surface area (Å²) < 4.78 is 53.0. The highest BCUT2D eigenvalue weighted by Gasteiger charge is 2.31. The molecule has 0 atom stereocenters. The fourth-order valence-electron chi connectivity index (χ4n) is 2.79. The largest absolute Gasteiger partial charge is 0.337 e. The van der Waals surface area contributed by atoms with Gasteiger partial charge in [0.2, 0.25) is 15.9 Å². The molecular formula is C19H18F2N2O3S. The molecule has 1 amide bonds. The van der Waals surface area contributed by atoms with Crippen LogP contribution in [-0.4, -0.2) is 49.7 Å². The predicted molar refractivity (Wildman–Crippen MR) is 97.2 cm³/mol. The second kappa shape index (κ2) is 7.98. The van der Waals surface area contributed by atoms with Gasteiger partial charge in [0, 0.05) is 32.3 Å². The summed E-state index contributed by atoms with van der Waals surface area (Å²) in [6.45, 7) is 0.597. The Morgan fingerprint density at radius 2 is 1.56 bits per heavy atom. The van der Waals surface area contributed by atoms with Gasteiger partial charge in [-0.1, -0.05) is 24.3 Å². The molecule has 0 saturated carbocycles. The molecule has 0 radical (unpaired) electrons. The third-order valence-corrected chi connectivity index (χ3v) is 6.23. The van der Waals surface area contributed by atoms with Crippen molar-refractivity contribution in [3.63, 3.8) is 0 Å². The third kappa shape index (κ3) is 4.40. The first kappa shape index (κ1) is 19.2. The Balaban J connectivity index is 1.62. The number of rotatable bonds is 4. The van der Waals surface area contributed by atoms with Crippen LogP contribution in [0.3, 0.4) is 0 Å². The van der Waals surface area contributed by atoms with E-state index in [4.69, 9.17) is 0 Å². The van der Waals surface area contributed by atoms with Gasteiger partial charge in [0.05, 0.1) is 0 Å². The fourth-order valence-corrected chi connectivity index (χ4v) is 4.28. The minimum absolute atomic E-state index is 0.0901. The highest BCUT2D eigenvalue weighted by molar-refractivity contribution is 7.89. The summed E-state index contributed by atoms with van der Waals surface area (Å²) in [5.41, 5.74) is 0.686. The summed E-state index contributed by atoms with van der Waals surface area (Å²) in [5.74, 6) is -1.41. The average molecular weight is 392 g/mol. The second-order valence-electron chi connectivity index (χ2n) is 6.04. The molecular weight excluding hydrogens is 374 g/mol. The Morgan fingerprint density at radius 1 is 0.926 bits per heavy atom. The zero-order valence-corrected chi connectivity index (χ0v) is 15.2. The lowest BCUT2D eigenvalue weighted by Crippen LogP contribution is -2.50. The van der Waals surface area contributed by atoms with Crippen molar-refractivity contribution in [3.8, 4) is 0 Å². The molecule has 0 bridgehead atoms. The average Bonchev–Trinajstić information content (AvgIpc) is 2.67. The van der Waals surface area contributed by atoms with Gasteiger partial charge in [-0.25, -0.2) is 17.2 Å². The number of hydrogen-bond donors (Lipinski definition) is 0. The maximum Gasteiger partial charge on any atom is 0.246 e. The first-order chi connectivity index (χ1) is 12.9. The number of sulfonamides is 1. The van der Waals surface area contributed by atoms with E-state index in [1.165, 1.54) is 45.6 Å². The molecule has 2 aromatic carbocycles. The summed E-state index contributed by atoms with van der Waals surface area (Å²) in [4.78, 5) is 13.4. The molecule has 1 heterocycles. The smallest absolute Gasteiger partial charge is 0.246 e. The van der Waals surface area contributed by atoms with Crippen LogP contribution in [0.15, 0.2) is 59.5 Å². The first-order valence-electron chi connectivity index (χ1n) is 8.35. The maximum atomic E-state index is 13.8. The van der Waals surface area contributed by atoms with E-state index in [9.17, 15) is 22.0 Å². The van der Waals surface area contributed by atoms with E-state index in [-0.39, 0.29) is 42.8 Å². The van der Waals surface area contributed by atoms with Gasteiger partial charge >= 0.3 is 0 Å². The molecule has 27 heavy (non-hydrogen) atoms. The summed E-state index contributed by atoms with van der Waals surface area (Å²) in [5, 5.41) is 0. The fraction of sp³-hybridized carbons (Fsp3) is 0.211. The van der Waals surface area contributed by atoms with E-state index in [2.05, 4.69) is 0 Å². The highest BCUT2D eigenvalue weighted by Crippen LogP contribution is 2.20. The van der Waals surface area contributed by atoms with E-state index >= 15 is 0 Å². The van der Waals surface area contributed by atoms with Gasteiger partial charge in [-0.05, 0) is 35.9 Å². The molecule has 1 aliphatic rings. The monoisotopic (exact) mass is 392 g/mol. The standard InChI is InChI=1S/C19H18F2N2O3S/c20-16-8-5-15(6-9-16)7-10-19(24)22-11-13-23(14-12-22)27(25,26)18-4-2-1-3-17(18)21/h1-10H,11-14H2. The Labute approximate surface area is 156 Å². The van der Waals surface area contributed by atoms with Crippen LogP contribution in [0, 0.1) is 11.6 Å². The lowest BCUT2D eigenvalue weighted by molar-refractivity contribution is -0.127. The lowest BCUT2D eigenvalue weighted by Gasteiger charge is -2.33. The van der Waals surface area contributed by atoms with Crippen LogP contribution in [0.5, 0.6) is 0 Å². The van der Waals surface area contributed by atoms with Crippen molar-refractivity contribution in [3.05, 3.63) is 71.8 Å². The molecule has 0 unspecified atom stereocenters. The van der Waals surface area contributed by atoms with Crippen molar-refractivity contribution in [1.29, 1.82) is 0 Å². The molecule has 1 saturated heterocycles. The number of amides is 1. The van der Waals surface area contributed by atoms with Crippen LogP contribution < -0.4 is 0 Å². The van der Waals surface area contributed by atoms with E-state index in [1.807, 2.05) is 0 Å². The number of halogens is 2. The molecule has 8 heteroatoms.